The first-order valence-corrected chi connectivity index (χ1v) is 8.42. The molecule has 0 aliphatic heterocycles. The number of aromatic nitrogens is 3. The summed E-state index contributed by atoms with van der Waals surface area (Å²) in [5.74, 6) is 0. The predicted octanol–water partition coefficient (Wildman–Crippen LogP) is 4.21. The maximum atomic E-state index is 12.9. The molecule has 0 saturated carbocycles. The van der Waals surface area contributed by atoms with Crippen LogP contribution in [0.5, 0.6) is 0 Å². The molecule has 4 aromatic rings. The summed E-state index contributed by atoms with van der Waals surface area (Å²) in [7, 11) is 0. The van der Waals surface area contributed by atoms with Gasteiger partial charge in [0.05, 0.1) is 11.2 Å². The molecule has 0 saturated heterocycles. The zero-order valence-corrected chi connectivity index (χ0v) is 13.9. The molecule has 0 N–H and O–H groups in total. The van der Waals surface area contributed by atoms with Crippen LogP contribution >= 0.6 is 22.9 Å². The van der Waals surface area contributed by atoms with E-state index in [2.05, 4.69) is 16.9 Å². The zero-order valence-electron chi connectivity index (χ0n) is 12.3. The first kappa shape index (κ1) is 14.4. The minimum atomic E-state index is -0.0811. The van der Waals surface area contributed by atoms with Crippen molar-refractivity contribution in [3.63, 3.8) is 0 Å². The van der Waals surface area contributed by atoms with E-state index in [4.69, 9.17) is 11.6 Å². The third-order valence-corrected chi connectivity index (χ3v) is 5.18. The van der Waals surface area contributed by atoms with Gasteiger partial charge < -0.3 is 0 Å². The highest BCUT2D eigenvalue weighted by Crippen LogP contribution is 2.31. The van der Waals surface area contributed by atoms with Crippen LogP contribution in [0.15, 0.2) is 47.7 Å². The van der Waals surface area contributed by atoms with Gasteiger partial charge in [-0.15, -0.1) is 11.3 Å². The van der Waals surface area contributed by atoms with Crippen molar-refractivity contribution in [1.29, 1.82) is 0 Å². The van der Waals surface area contributed by atoms with E-state index in [9.17, 15) is 4.79 Å². The molecule has 3 heterocycles. The lowest BCUT2D eigenvalue weighted by Crippen LogP contribution is -2.17. The smallest absolute Gasteiger partial charge is 0.267 e. The summed E-state index contributed by atoms with van der Waals surface area (Å²) in [6.07, 6.45) is 4.24. The van der Waals surface area contributed by atoms with Crippen LogP contribution in [0.1, 0.15) is 12.5 Å². The van der Waals surface area contributed by atoms with Crippen molar-refractivity contribution in [3.8, 4) is 5.69 Å². The van der Waals surface area contributed by atoms with Gasteiger partial charge in [-0.05, 0) is 42.3 Å². The van der Waals surface area contributed by atoms with Crippen LogP contribution in [-0.4, -0.2) is 14.5 Å². The van der Waals surface area contributed by atoms with Crippen molar-refractivity contribution in [1.82, 2.24) is 14.5 Å². The molecule has 0 spiro atoms. The summed E-state index contributed by atoms with van der Waals surface area (Å²) in [5, 5.41) is 1.63. The Balaban J connectivity index is 2.04. The Morgan fingerprint density at radius 1 is 1.17 bits per heavy atom. The van der Waals surface area contributed by atoms with Gasteiger partial charge >= 0.3 is 0 Å². The van der Waals surface area contributed by atoms with Crippen molar-refractivity contribution >= 4 is 43.4 Å². The molecule has 0 bridgehead atoms. The molecule has 0 fully saturated rings. The van der Waals surface area contributed by atoms with Crippen molar-refractivity contribution < 1.29 is 0 Å². The van der Waals surface area contributed by atoms with Gasteiger partial charge in [-0.2, -0.15) is 0 Å². The number of benzene rings is 1. The van der Waals surface area contributed by atoms with Crippen molar-refractivity contribution in [2.24, 2.45) is 0 Å². The number of hydrogen-bond donors (Lipinski definition) is 0. The number of pyridine rings is 1. The predicted molar refractivity (Wildman–Crippen MR) is 94.9 cm³/mol. The van der Waals surface area contributed by atoms with E-state index in [1.165, 1.54) is 11.3 Å². The third kappa shape index (κ3) is 2.24. The summed E-state index contributed by atoms with van der Waals surface area (Å²) in [6, 6.07) is 9.12. The molecule has 4 nitrogen and oxygen atoms in total. The third-order valence-electron chi connectivity index (χ3n) is 3.85. The zero-order chi connectivity index (χ0) is 16.0. The normalized spacial score (nSPS) is 11.4. The molecule has 6 heteroatoms. The highest BCUT2D eigenvalue weighted by molar-refractivity contribution is 7.25. The number of aryl methyl sites for hydroxylation is 1. The molecule has 0 aliphatic carbocycles. The lowest BCUT2D eigenvalue weighted by atomic mass is 10.1. The van der Waals surface area contributed by atoms with E-state index < -0.39 is 0 Å². The number of hydrogen-bond acceptors (Lipinski definition) is 4. The summed E-state index contributed by atoms with van der Waals surface area (Å²) in [5.41, 5.74) is 2.57. The van der Waals surface area contributed by atoms with E-state index >= 15 is 0 Å². The number of thiophene rings is 1. The van der Waals surface area contributed by atoms with Crippen LogP contribution in [0, 0.1) is 0 Å². The molecule has 0 amide bonds. The van der Waals surface area contributed by atoms with E-state index in [0.29, 0.717) is 9.72 Å². The summed E-state index contributed by atoms with van der Waals surface area (Å²) < 4.78 is 2.17. The largest absolute Gasteiger partial charge is 0.275 e. The van der Waals surface area contributed by atoms with Gasteiger partial charge in [-0.1, -0.05) is 18.5 Å². The minimum absolute atomic E-state index is 0.0811. The van der Waals surface area contributed by atoms with Crippen molar-refractivity contribution in [2.45, 2.75) is 13.3 Å². The Bertz CT molecular complexity index is 1080. The Hall–Kier alpha value is -2.24. The van der Waals surface area contributed by atoms with Gasteiger partial charge in [0.15, 0.2) is 0 Å². The van der Waals surface area contributed by atoms with Crippen molar-refractivity contribution in [2.75, 3.05) is 0 Å². The van der Waals surface area contributed by atoms with Crippen LogP contribution in [0.25, 0.3) is 26.1 Å². The van der Waals surface area contributed by atoms with E-state index in [0.717, 1.165) is 33.4 Å². The molecule has 3 aromatic heterocycles. The second kappa shape index (κ2) is 5.44. The van der Waals surface area contributed by atoms with Gasteiger partial charge in [-0.25, -0.2) is 9.97 Å². The average molecular weight is 342 g/mol. The van der Waals surface area contributed by atoms with Crippen LogP contribution in [0.3, 0.4) is 0 Å². The highest BCUT2D eigenvalue weighted by Gasteiger charge is 2.15. The Morgan fingerprint density at radius 2 is 1.96 bits per heavy atom. The second-order valence-corrected chi connectivity index (χ2v) is 6.62. The first-order chi connectivity index (χ1) is 11.2. The quantitative estimate of drug-likeness (QED) is 0.548. The SMILES string of the molecule is CCc1ccnc2sc3c(=O)n(-c4ccc(Cl)cc4)cnc3c12. The maximum Gasteiger partial charge on any atom is 0.275 e. The molecular formula is C17H12ClN3OS. The molecule has 0 unspecified atom stereocenters. The molecule has 0 atom stereocenters. The highest BCUT2D eigenvalue weighted by atomic mass is 35.5. The topological polar surface area (TPSA) is 47.8 Å². The molecule has 23 heavy (non-hydrogen) atoms. The van der Waals surface area contributed by atoms with Gasteiger partial charge in [0, 0.05) is 16.6 Å². The standard InChI is InChI=1S/C17H12ClN3OS/c1-2-10-7-8-19-16-13(10)14-15(23-16)17(22)21(9-20-14)12-5-3-11(18)4-6-12/h3-9H,2H2,1H3. The van der Waals surface area contributed by atoms with Gasteiger partial charge in [0.1, 0.15) is 15.9 Å². The monoisotopic (exact) mass is 341 g/mol. The number of nitrogens with zero attached hydrogens (tertiary/aromatic N) is 3. The molecule has 0 aliphatic rings. The summed E-state index contributed by atoms with van der Waals surface area (Å²) >= 11 is 7.31. The maximum absolute atomic E-state index is 12.9. The van der Waals surface area contributed by atoms with Crippen molar-refractivity contribution in [3.05, 3.63) is 63.8 Å². The molecule has 4 rings (SSSR count). The molecule has 114 valence electrons. The van der Waals surface area contributed by atoms with Gasteiger partial charge in [-0.3, -0.25) is 9.36 Å². The molecule has 1 aromatic carbocycles. The Morgan fingerprint density at radius 3 is 2.70 bits per heavy atom. The second-order valence-electron chi connectivity index (χ2n) is 5.18. The van der Waals surface area contributed by atoms with Gasteiger partial charge in [0.25, 0.3) is 5.56 Å². The fraction of sp³-hybridized carbons (Fsp3) is 0.118. The van der Waals surface area contributed by atoms with Crippen LogP contribution in [0.2, 0.25) is 5.02 Å². The van der Waals surface area contributed by atoms with E-state index in [-0.39, 0.29) is 5.56 Å². The Kier molecular flexibility index (Phi) is 3.39. The fourth-order valence-corrected chi connectivity index (χ4v) is 3.89. The Labute approximate surface area is 141 Å². The number of fused-ring (bicyclic) bond motifs is 3. The first-order valence-electron chi connectivity index (χ1n) is 7.22. The fourth-order valence-electron chi connectivity index (χ4n) is 2.70. The summed E-state index contributed by atoms with van der Waals surface area (Å²) in [6.45, 7) is 2.09. The lowest BCUT2D eigenvalue weighted by Gasteiger charge is -2.05. The average Bonchev–Trinajstić information content (AvgIpc) is 2.96. The number of halogens is 1. The van der Waals surface area contributed by atoms with E-state index in [1.807, 2.05) is 6.07 Å². The number of rotatable bonds is 2. The minimum Gasteiger partial charge on any atom is -0.267 e. The lowest BCUT2D eigenvalue weighted by molar-refractivity contribution is 0.967. The van der Waals surface area contributed by atoms with Crippen LogP contribution < -0.4 is 5.56 Å². The molecular weight excluding hydrogens is 330 g/mol. The van der Waals surface area contributed by atoms with Gasteiger partial charge in [0.2, 0.25) is 0 Å². The van der Waals surface area contributed by atoms with Crippen LogP contribution in [-0.2, 0) is 6.42 Å². The van der Waals surface area contributed by atoms with Crippen LogP contribution in [0.4, 0.5) is 0 Å². The summed E-state index contributed by atoms with van der Waals surface area (Å²) in [4.78, 5) is 22.6. The molecule has 0 radical (unpaired) electrons. The van der Waals surface area contributed by atoms with E-state index in [1.54, 1.807) is 41.4 Å².